The highest BCUT2D eigenvalue weighted by molar-refractivity contribution is 7.88. The van der Waals surface area contributed by atoms with Gasteiger partial charge >= 0.3 is 0 Å². The smallest absolute Gasteiger partial charge is 0.212 e. The molecule has 0 aliphatic heterocycles. The number of halogens is 1. The van der Waals surface area contributed by atoms with Crippen molar-refractivity contribution in [1.29, 1.82) is 0 Å². The maximum Gasteiger partial charge on any atom is 0.216 e. The molecule has 0 aromatic heterocycles. The van der Waals surface area contributed by atoms with Crippen molar-refractivity contribution in [3.8, 4) is 0 Å². The Labute approximate surface area is 102 Å². The average molecular weight is 262 g/mol. The Balaban J connectivity index is 2.81. The molecule has 0 aliphatic rings. The molecule has 90 valence electrons. The largest absolute Gasteiger partial charge is 0.216 e. The minimum atomic E-state index is -3.32. The zero-order chi connectivity index (χ0) is 12.4. The van der Waals surface area contributed by atoms with Gasteiger partial charge in [-0.1, -0.05) is 23.7 Å². The molecular weight excluding hydrogens is 246 g/mol. The normalized spacial score (nSPS) is 12.8. The van der Waals surface area contributed by atoms with Gasteiger partial charge in [0.15, 0.2) is 0 Å². The molecule has 0 saturated heterocycles. The predicted molar refractivity (Wildman–Crippen MR) is 67.0 cm³/mol. The van der Waals surface area contributed by atoms with Crippen molar-refractivity contribution >= 4 is 21.6 Å². The summed E-state index contributed by atoms with van der Waals surface area (Å²) in [5, 5.41) is 0.545. The summed E-state index contributed by atoms with van der Waals surface area (Å²) in [6.45, 7) is 5.42. The lowest BCUT2D eigenvalue weighted by Crippen LogP contribution is -2.41. The summed E-state index contributed by atoms with van der Waals surface area (Å²) in [6, 6.07) is 6.86. The SMILES string of the molecule is CC(C)(C)NS(=O)(=O)Cc1cccc(Cl)c1. The first kappa shape index (κ1) is 13.5. The summed E-state index contributed by atoms with van der Waals surface area (Å²) in [6.07, 6.45) is 0. The summed E-state index contributed by atoms with van der Waals surface area (Å²) >= 11 is 5.79. The van der Waals surface area contributed by atoms with Crippen LogP contribution >= 0.6 is 11.6 Å². The fraction of sp³-hybridized carbons (Fsp3) is 0.455. The van der Waals surface area contributed by atoms with Crippen LogP contribution < -0.4 is 4.72 Å². The molecular formula is C11H16ClNO2S. The zero-order valence-electron chi connectivity index (χ0n) is 9.62. The average Bonchev–Trinajstić information content (AvgIpc) is 1.96. The van der Waals surface area contributed by atoms with Gasteiger partial charge in [0.25, 0.3) is 0 Å². The molecule has 0 amide bonds. The molecule has 0 bridgehead atoms. The Morgan fingerprint density at radius 2 is 1.94 bits per heavy atom. The number of sulfonamides is 1. The molecule has 0 aliphatic carbocycles. The zero-order valence-corrected chi connectivity index (χ0v) is 11.2. The van der Waals surface area contributed by atoms with Crippen molar-refractivity contribution in [2.24, 2.45) is 0 Å². The van der Waals surface area contributed by atoms with Gasteiger partial charge in [0.2, 0.25) is 10.0 Å². The molecule has 3 nitrogen and oxygen atoms in total. The van der Waals surface area contributed by atoms with Crippen molar-refractivity contribution in [1.82, 2.24) is 4.72 Å². The van der Waals surface area contributed by atoms with Crippen LogP contribution in [0.3, 0.4) is 0 Å². The van der Waals surface area contributed by atoms with E-state index in [4.69, 9.17) is 11.6 Å². The van der Waals surface area contributed by atoms with E-state index >= 15 is 0 Å². The van der Waals surface area contributed by atoms with Crippen LogP contribution in [0.15, 0.2) is 24.3 Å². The molecule has 0 saturated carbocycles. The lowest BCUT2D eigenvalue weighted by atomic mass is 10.1. The molecule has 0 spiro atoms. The summed E-state index contributed by atoms with van der Waals surface area (Å²) in [7, 11) is -3.32. The first-order valence-corrected chi connectivity index (χ1v) is 6.97. The molecule has 0 radical (unpaired) electrons. The van der Waals surface area contributed by atoms with Crippen molar-refractivity contribution in [3.05, 3.63) is 34.9 Å². The highest BCUT2D eigenvalue weighted by atomic mass is 35.5. The fourth-order valence-electron chi connectivity index (χ4n) is 1.35. The van der Waals surface area contributed by atoms with Gasteiger partial charge in [0.1, 0.15) is 0 Å². The third-order valence-electron chi connectivity index (χ3n) is 1.71. The van der Waals surface area contributed by atoms with Gasteiger partial charge in [-0.15, -0.1) is 0 Å². The first-order chi connectivity index (χ1) is 7.18. The van der Waals surface area contributed by atoms with Gasteiger partial charge in [-0.2, -0.15) is 0 Å². The number of rotatable bonds is 3. The molecule has 1 N–H and O–H groups in total. The van der Waals surface area contributed by atoms with Gasteiger partial charge in [-0.3, -0.25) is 0 Å². The van der Waals surface area contributed by atoms with Crippen molar-refractivity contribution in [3.63, 3.8) is 0 Å². The number of hydrogen-bond acceptors (Lipinski definition) is 2. The van der Waals surface area contributed by atoms with Crippen molar-refractivity contribution in [2.75, 3.05) is 0 Å². The summed E-state index contributed by atoms with van der Waals surface area (Å²) in [5.41, 5.74) is 0.224. The van der Waals surface area contributed by atoms with Gasteiger partial charge in [0.05, 0.1) is 5.75 Å². The van der Waals surface area contributed by atoms with E-state index in [0.717, 1.165) is 0 Å². The van der Waals surface area contributed by atoms with E-state index in [1.807, 2.05) is 20.8 Å². The second kappa shape index (κ2) is 4.73. The highest BCUT2D eigenvalue weighted by Crippen LogP contribution is 2.14. The Morgan fingerprint density at radius 3 is 2.44 bits per heavy atom. The molecule has 0 unspecified atom stereocenters. The second-order valence-corrected chi connectivity index (χ2v) is 6.90. The predicted octanol–water partition coefficient (Wildman–Crippen LogP) is 2.56. The Kier molecular flexibility index (Phi) is 3.99. The summed E-state index contributed by atoms with van der Waals surface area (Å²) in [4.78, 5) is 0. The van der Waals surface area contributed by atoms with Crippen LogP contribution in [-0.4, -0.2) is 14.0 Å². The molecule has 0 heterocycles. The molecule has 0 atom stereocenters. The van der Waals surface area contributed by atoms with Crippen LogP contribution in [-0.2, 0) is 15.8 Å². The Morgan fingerprint density at radius 1 is 1.31 bits per heavy atom. The van der Waals surface area contributed by atoms with Crippen LogP contribution in [0.5, 0.6) is 0 Å². The van der Waals surface area contributed by atoms with E-state index in [9.17, 15) is 8.42 Å². The lowest BCUT2D eigenvalue weighted by molar-refractivity contribution is 0.491. The molecule has 16 heavy (non-hydrogen) atoms. The van der Waals surface area contributed by atoms with Crippen molar-refractivity contribution in [2.45, 2.75) is 32.1 Å². The van der Waals surface area contributed by atoms with Gasteiger partial charge in [-0.25, -0.2) is 13.1 Å². The van der Waals surface area contributed by atoms with Crippen LogP contribution in [0.2, 0.25) is 5.02 Å². The molecule has 0 fully saturated rings. The van der Waals surface area contributed by atoms with E-state index in [1.54, 1.807) is 24.3 Å². The van der Waals surface area contributed by atoms with E-state index in [0.29, 0.717) is 10.6 Å². The second-order valence-electron chi connectivity index (χ2n) is 4.74. The Bertz CT molecular complexity index is 463. The maximum atomic E-state index is 11.8. The van der Waals surface area contributed by atoms with E-state index in [-0.39, 0.29) is 5.75 Å². The van der Waals surface area contributed by atoms with Crippen LogP contribution in [0.1, 0.15) is 26.3 Å². The molecule has 5 heteroatoms. The minimum absolute atomic E-state index is 0.0508. The quantitative estimate of drug-likeness (QED) is 0.909. The topological polar surface area (TPSA) is 46.2 Å². The standard InChI is InChI=1S/C11H16ClNO2S/c1-11(2,3)13-16(14,15)8-9-5-4-6-10(12)7-9/h4-7,13H,8H2,1-3H3. The van der Waals surface area contributed by atoms with E-state index in [2.05, 4.69) is 4.72 Å². The third-order valence-corrected chi connectivity index (χ3v) is 3.58. The molecule has 1 rings (SSSR count). The summed E-state index contributed by atoms with van der Waals surface area (Å²) < 4.78 is 26.1. The number of benzene rings is 1. The minimum Gasteiger partial charge on any atom is -0.212 e. The number of nitrogens with one attached hydrogen (secondary N) is 1. The fourth-order valence-corrected chi connectivity index (χ4v) is 3.19. The monoisotopic (exact) mass is 261 g/mol. The van der Waals surface area contributed by atoms with Crippen LogP contribution in [0.4, 0.5) is 0 Å². The number of hydrogen-bond donors (Lipinski definition) is 1. The van der Waals surface area contributed by atoms with Gasteiger partial charge in [0, 0.05) is 10.6 Å². The third kappa shape index (κ3) is 4.96. The lowest BCUT2D eigenvalue weighted by Gasteiger charge is -2.20. The van der Waals surface area contributed by atoms with E-state index in [1.165, 1.54) is 0 Å². The molecule has 1 aromatic carbocycles. The van der Waals surface area contributed by atoms with Gasteiger partial charge in [-0.05, 0) is 38.5 Å². The Hall–Kier alpha value is -0.580. The highest BCUT2D eigenvalue weighted by Gasteiger charge is 2.20. The first-order valence-electron chi connectivity index (χ1n) is 4.94. The van der Waals surface area contributed by atoms with Crippen LogP contribution in [0.25, 0.3) is 0 Å². The van der Waals surface area contributed by atoms with Crippen molar-refractivity contribution < 1.29 is 8.42 Å². The van der Waals surface area contributed by atoms with E-state index < -0.39 is 15.6 Å². The maximum absolute atomic E-state index is 11.8. The van der Waals surface area contributed by atoms with Crippen LogP contribution in [0, 0.1) is 0 Å². The molecule has 1 aromatic rings. The van der Waals surface area contributed by atoms with Gasteiger partial charge < -0.3 is 0 Å². The summed E-state index contributed by atoms with van der Waals surface area (Å²) in [5.74, 6) is -0.0508.